The van der Waals surface area contributed by atoms with Crippen molar-refractivity contribution >= 4 is 41.8 Å². The van der Waals surface area contributed by atoms with Gasteiger partial charge >= 0.3 is 41.8 Å². The molecule has 2 N–H and O–H groups in total. The molecular formula is C36H45NO17. The Morgan fingerprint density at radius 1 is 0.852 bits per heavy atom. The number of esters is 7. The molecule has 0 amide bonds. The Kier molecular flexibility index (Phi) is 10.6. The molecule has 54 heavy (non-hydrogen) atoms. The van der Waals surface area contributed by atoms with Gasteiger partial charge in [0.1, 0.15) is 41.5 Å². The highest BCUT2D eigenvalue weighted by Crippen LogP contribution is 2.69. The molecule has 2 aliphatic carbocycles. The Labute approximate surface area is 310 Å². The first-order chi connectivity index (χ1) is 25.1. The van der Waals surface area contributed by atoms with E-state index in [1.54, 1.807) is 6.92 Å². The van der Waals surface area contributed by atoms with Crippen molar-refractivity contribution in [1.29, 1.82) is 0 Å². The van der Waals surface area contributed by atoms with Crippen LogP contribution in [0.3, 0.4) is 0 Å². The van der Waals surface area contributed by atoms with Gasteiger partial charge in [-0.25, -0.2) is 4.79 Å². The van der Waals surface area contributed by atoms with E-state index in [1.807, 2.05) is 0 Å². The lowest BCUT2D eigenvalue weighted by Gasteiger charge is -2.67. The molecule has 4 aliphatic rings. The van der Waals surface area contributed by atoms with E-state index in [2.05, 4.69) is 4.98 Å². The lowest BCUT2D eigenvalue weighted by Crippen LogP contribution is -2.89. The largest absolute Gasteiger partial charge is 0.465 e. The smallest absolute Gasteiger partial charge is 0.340 e. The predicted molar refractivity (Wildman–Crippen MR) is 176 cm³/mol. The van der Waals surface area contributed by atoms with E-state index in [4.69, 9.17) is 37.9 Å². The predicted octanol–water partition coefficient (Wildman–Crippen LogP) is 0.463. The fourth-order valence-corrected chi connectivity index (χ4v) is 8.96. The third-order valence-corrected chi connectivity index (χ3v) is 11.2. The summed E-state index contributed by atoms with van der Waals surface area (Å²) in [6.07, 6.45) is -10.5. The van der Waals surface area contributed by atoms with Gasteiger partial charge in [-0.05, 0) is 26.0 Å². The van der Waals surface area contributed by atoms with Crippen molar-refractivity contribution in [3.05, 3.63) is 29.6 Å². The van der Waals surface area contributed by atoms with Gasteiger partial charge in [0, 0.05) is 46.7 Å². The lowest BCUT2D eigenvalue weighted by molar-refractivity contribution is -0.386. The number of aliphatic hydroxyl groups excluding tert-OH is 1. The molecule has 1 saturated heterocycles. The zero-order chi connectivity index (χ0) is 40.3. The van der Waals surface area contributed by atoms with E-state index in [0.717, 1.165) is 41.5 Å². The lowest BCUT2D eigenvalue weighted by atomic mass is 9.45. The zero-order valence-corrected chi connectivity index (χ0v) is 31.3. The second-order valence-corrected chi connectivity index (χ2v) is 14.7. The van der Waals surface area contributed by atoms with Crippen LogP contribution in [0.4, 0.5) is 0 Å². The first-order valence-electron chi connectivity index (χ1n) is 17.3. The van der Waals surface area contributed by atoms with E-state index in [1.165, 1.54) is 32.2 Å². The van der Waals surface area contributed by atoms with Crippen molar-refractivity contribution in [3.8, 4) is 0 Å². The van der Waals surface area contributed by atoms with Crippen molar-refractivity contribution < 1.29 is 81.7 Å². The first kappa shape index (κ1) is 40.5. The highest BCUT2D eigenvalue weighted by molar-refractivity contribution is 5.91. The van der Waals surface area contributed by atoms with Gasteiger partial charge in [-0.3, -0.25) is 33.8 Å². The van der Waals surface area contributed by atoms with Gasteiger partial charge in [0.2, 0.25) is 0 Å². The summed E-state index contributed by atoms with van der Waals surface area (Å²) in [4.78, 5) is 96.9. The number of nitrogens with zero attached hydrogens (tertiary/aromatic N) is 1. The van der Waals surface area contributed by atoms with Crippen molar-refractivity contribution in [2.24, 2.45) is 17.3 Å². The third-order valence-electron chi connectivity index (χ3n) is 11.2. The Hall–Kier alpha value is -4.68. The van der Waals surface area contributed by atoms with Gasteiger partial charge in [-0.1, -0.05) is 13.8 Å². The van der Waals surface area contributed by atoms with Crippen LogP contribution in [-0.4, -0.2) is 124 Å². The van der Waals surface area contributed by atoms with Gasteiger partial charge in [0.25, 0.3) is 0 Å². The molecule has 18 heteroatoms. The van der Waals surface area contributed by atoms with Crippen molar-refractivity contribution in [3.63, 3.8) is 0 Å². The van der Waals surface area contributed by atoms with Crippen molar-refractivity contribution in [2.75, 3.05) is 13.2 Å². The van der Waals surface area contributed by atoms with Crippen LogP contribution in [-0.2, 0) is 66.7 Å². The average molecular weight is 764 g/mol. The molecule has 3 heterocycles. The van der Waals surface area contributed by atoms with Crippen molar-refractivity contribution in [1.82, 2.24) is 4.98 Å². The Morgan fingerprint density at radius 3 is 1.96 bits per heavy atom. The number of cyclic esters (lactones) is 1. The molecule has 4 bridgehead atoms. The van der Waals surface area contributed by atoms with Crippen LogP contribution in [0.15, 0.2) is 18.3 Å². The minimum Gasteiger partial charge on any atom is -0.465 e. The van der Waals surface area contributed by atoms with Crippen molar-refractivity contribution in [2.45, 2.75) is 122 Å². The van der Waals surface area contributed by atoms with E-state index in [-0.39, 0.29) is 11.3 Å². The van der Waals surface area contributed by atoms with Gasteiger partial charge in [0.15, 0.2) is 24.4 Å². The molecule has 0 aromatic carbocycles. The van der Waals surface area contributed by atoms with Gasteiger partial charge < -0.3 is 48.1 Å². The number of aliphatic hydroxyl groups is 2. The molecule has 18 nitrogen and oxygen atoms in total. The van der Waals surface area contributed by atoms with Crippen LogP contribution >= 0.6 is 0 Å². The first-order valence-corrected chi connectivity index (χ1v) is 17.3. The molecular weight excluding hydrogens is 718 g/mol. The maximum Gasteiger partial charge on any atom is 0.340 e. The third kappa shape index (κ3) is 6.17. The number of rotatable bonds is 6. The van der Waals surface area contributed by atoms with E-state index >= 15 is 0 Å². The van der Waals surface area contributed by atoms with Crippen LogP contribution in [0.1, 0.15) is 84.3 Å². The highest BCUT2D eigenvalue weighted by Gasteiger charge is 2.90. The fraction of sp³-hybridized carbons (Fsp3) is 0.667. The highest BCUT2D eigenvalue weighted by atomic mass is 16.7. The molecule has 5 rings (SSSR count). The Bertz CT molecular complexity index is 1740. The quantitative estimate of drug-likeness (QED) is 0.295. The molecule has 0 radical (unpaired) electrons. The van der Waals surface area contributed by atoms with E-state index in [9.17, 15) is 43.8 Å². The summed E-state index contributed by atoms with van der Waals surface area (Å²) >= 11 is 0. The average Bonchev–Trinajstić information content (AvgIpc) is 3.27. The van der Waals surface area contributed by atoms with Gasteiger partial charge in [-0.2, -0.15) is 0 Å². The molecule has 296 valence electrons. The maximum atomic E-state index is 14.2. The van der Waals surface area contributed by atoms with Gasteiger partial charge in [-0.15, -0.1) is 0 Å². The fourth-order valence-electron chi connectivity index (χ4n) is 8.96. The van der Waals surface area contributed by atoms with E-state index < -0.39 is 132 Å². The summed E-state index contributed by atoms with van der Waals surface area (Å²) in [5.41, 5.74) is -9.93. The maximum absolute atomic E-state index is 14.2. The number of fused-ring (bicyclic) bond motifs is 5. The second-order valence-electron chi connectivity index (χ2n) is 14.7. The van der Waals surface area contributed by atoms with Crippen LogP contribution < -0.4 is 0 Å². The minimum absolute atomic E-state index is 0.0246. The number of hydrogen-bond acceptors (Lipinski definition) is 18. The number of aromatic nitrogens is 1. The molecule has 2 saturated carbocycles. The summed E-state index contributed by atoms with van der Waals surface area (Å²) < 4.78 is 47.5. The topological polar surface area (TPSA) is 247 Å². The number of pyridine rings is 1. The summed E-state index contributed by atoms with van der Waals surface area (Å²) in [6, 6.07) is 2.91. The summed E-state index contributed by atoms with van der Waals surface area (Å²) in [5, 5.41) is 25.9. The number of carbonyl (C=O) groups excluding carboxylic acids is 7. The molecule has 13 atom stereocenters. The molecule has 1 spiro atoms. The van der Waals surface area contributed by atoms with E-state index in [0.29, 0.717) is 0 Å². The number of hydrogen-bond donors (Lipinski definition) is 2. The Morgan fingerprint density at radius 2 is 1.41 bits per heavy atom. The normalized spacial score (nSPS) is 39.8. The van der Waals surface area contributed by atoms with Gasteiger partial charge in [0.05, 0.1) is 29.2 Å². The standard InChI is InChI=1S/C36H45NO17/c1-15-16(2)31(44)53-28-26(50-19(5)40)30(52-21(7)42)35(14-47-17(3)38)29(51-20(6)41)25(49-18(4)39)23-27(43)36(35,34(28,9)46)54-33(23,8)13-48-32(45)22-11-10-12-37-24(15)22/h10-12,15-16,23,25-30,43,46H,13-14H2,1-9H3/t15-,16-,23-,25-,26+,27-,28+,29+,30-,33+,34+,35+,36+/m0/s1. The SMILES string of the molecule is CC(=O)OC[C@]12[C@H](OC(C)=O)[C@@H](OC(C)=O)[C@H]3[C@H](O)[C@]14O[C@]3(C)COC(=O)c1cccnc1[C@@H](C)[C@H](C)C(=O)O[C@H]([C@@H](OC(C)=O)[C@@H]2OC(C)=O)[C@@]4(C)O. The number of carbonyl (C=O) groups is 7. The zero-order valence-electron chi connectivity index (χ0n) is 31.3. The molecule has 1 aromatic rings. The molecule has 1 aromatic heterocycles. The molecule has 0 unspecified atom stereocenters. The van der Waals surface area contributed by atoms with Crippen LogP contribution in [0.2, 0.25) is 0 Å². The number of ether oxygens (including phenoxy) is 8. The van der Waals surface area contributed by atoms with Crippen LogP contribution in [0, 0.1) is 17.3 Å². The minimum atomic E-state index is -2.78. The summed E-state index contributed by atoms with van der Waals surface area (Å²) in [7, 11) is 0. The molecule has 3 fully saturated rings. The second kappa shape index (κ2) is 14.2. The molecule has 2 aliphatic heterocycles. The summed E-state index contributed by atoms with van der Waals surface area (Å²) in [5.74, 6) is -10.5. The Balaban J connectivity index is 1.95. The summed E-state index contributed by atoms with van der Waals surface area (Å²) in [6.45, 7) is 8.75. The van der Waals surface area contributed by atoms with Crippen LogP contribution in [0.25, 0.3) is 0 Å². The monoisotopic (exact) mass is 763 g/mol. The van der Waals surface area contributed by atoms with Crippen LogP contribution in [0.5, 0.6) is 0 Å².